The van der Waals surface area contributed by atoms with Gasteiger partial charge in [0.15, 0.2) is 0 Å². The number of anilines is 1. The fraction of sp³-hybridized carbons (Fsp3) is 0.257. The van der Waals surface area contributed by atoms with E-state index in [9.17, 15) is 22.4 Å². The second-order valence-corrected chi connectivity index (χ2v) is 12.9. The van der Waals surface area contributed by atoms with Gasteiger partial charge in [0.25, 0.3) is 10.0 Å². The summed E-state index contributed by atoms with van der Waals surface area (Å²) < 4.78 is 48.5. The van der Waals surface area contributed by atoms with E-state index in [2.05, 4.69) is 5.32 Å². The zero-order chi connectivity index (χ0) is 32.4. The molecule has 0 spiro atoms. The standard InChI is InChI=1S/C35H38FN3O5S/c1-26(2)23-37-35(41)32(22-27-12-6-4-7-13-27)38(24-28-18-20-29(36)21-19-28)34(40)25-39(31-16-10-11-17-33(31)44-3)45(42,43)30-14-8-5-9-15-30/h4-21,26,32H,22-25H2,1-3H3,(H,37,41)/t32-/m0/s1. The molecule has 4 rings (SSSR count). The lowest BCUT2D eigenvalue weighted by Crippen LogP contribution is -2.53. The van der Waals surface area contributed by atoms with Crippen LogP contribution in [0, 0.1) is 11.7 Å². The third-order valence-corrected chi connectivity index (χ3v) is 8.96. The van der Waals surface area contributed by atoms with Crippen LogP contribution in [0.1, 0.15) is 25.0 Å². The molecule has 0 saturated heterocycles. The van der Waals surface area contributed by atoms with E-state index in [1.165, 1.54) is 36.3 Å². The quantitative estimate of drug-likeness (QED) is 0.200. The highest BCUT2D eigenvalue weighted by atomic mass is 32.2. The van der Waals surface area contributed by atoms with E-state index in [0.717, 1.165) is 9.87 Å². The highest BCUT2D eigenvalue weighted by Crippen LogP contribution is 2.32. The van der Waals surface area contributed by atoms with Crippen LogP contribution in [0.3, 0.4) is 0 Å². The molecule has 4 aromatic rings. The number of rotatable bonds is 14. The Kier molecular flexibility index (Phi) is 11.3. The van der Waals surface area contributed by atoms with Crippen molar-refractivity contribution in [3.63, 3.8) is 0 Å². The first-order valence-electron chi connectivity index (χ1n) is 14.7. The number of hydrogen-bond donors (Lipinski definition) is 1. The Bertz CT molecular complexity index is 1670. The lowest BCUT2D eigenvalue weighted by atomic mass is 10.0. The normalized spacial score (nSPS) is 11.9. The van der Waals surface area contributed by atoms with Crippen molar-refractivity contribution in [2.75, 3.05) is 24.5 Å². The van der Waals surface area contributed by atoms with Crippen molar-refractivity contribution in [3.05, 3.63) is 126 Å². The van der Waals surface area contributed by atoms with Gasteiger partial charge < -0.3 is 15.0 Å². The predicted octanol–water partition coefficient (Wildman–Crippen LogP) is 5.44. The van der Waals surface area contributed by atoms with Crippen LogP contribution in [-0.2, 0) is 32.6 Å². The van der Waals surface area contributed by atoms with Gasteiger partial charge >= 0.3 is 0 Å². The second-order valence-electron chi connectivity index (χ2n) is 11.0. The number of carbonyl (C=O) groups excluding carboxylic acids is 2. The molecule has 0 aliphatic heterocycles. The van der Waals surface area contributed by atoms with Gasteiger partial charge in [-0.2, -0.15) is 0 Å². The Balaban J connectivity index is 1.81. The van der Waals surface area contributed by atoms with Crippen LogP contribution >= 0.6 is 0 Å². The summed E-state index contributed by atoms with van der Waals surface area (Å²) in [6.45, 7) is 3.64. The van der Waals surface area contributed by atoms with Crippen molar-refractivity contribution in [1.29, 1.82) is 0 Å². The number of sulfonamides is 1. The SMILES string of the molecule is COc1ccccc1N(CC(=O)N(Cc1ccc(F)cc1)[C@@H](Cc1ccccc1)C(=O)NCC(C)C)S(=O)(=O)c1ccccc1. The fourth-order valence-electron chi connectivity index (χ4n) is 4.83. The summed E-state index contributed by atoms with van der Waals surface area (Å²) in [6.07, 6.45) is 0.178. The molecule has 0 saturated carbocycles. The molecule has 0 heterocycles. The first-order chi connectivity index (χ1) is 21.6. The van der Waals surface area contributed by atoms with Gasteiger partial charge in [-0.25, -0.2) is 12.8 Å². The number of ether oxygens (including phenoxy) is 1. The molecule has 0 radical (unpaired) electrons. The van der Waals surface area contributed by atoms with Gasteiger partial charge in [0, 0.05) is 19.5 Å². The number of benzene rings is 4. The van der Waals surface area contributed by atoms with E-state index in [-0.39, 0.29) is 41.1 Å². The van der Waals surface area contributed by atoms with Gasteiger partial charge in [0.1, 0.15) is 24.2 Å². The molecular formula is C35H38FN3O5S. The molecule has 236 valence electrons. The number of para-hydroxylation sites is 2. The maximum absolute atomic E-state index is 14.5. The Morgan fingerprint density at radius 1 is 0.822 bits per heavy atom. The van der Waals surface area contributed by atoms with E-state index in [0.29, 0.717) is 12.1 Å². The average Bonchev–Trinajstić information content (AvgIpc) is 3.05. The maximum atomic E-state index is 14.5. The molecule has 0 fully saturated rings. The van der Waals surface area contributed by atoms with E-state index in [1.54, 1.807) is 54.6 Å². The molecule has 45 heavy (non-hydrogen) atoms. The largest absolute Gasteiger partial charge is 0.495 e. The number of amides is 2. The van der Waals surface area contributed by atoms with Gasteiger partial charge in [0.2, 0.25) is 11.8 Å². The lowest BCUT2D eigenvalue weighted by Gasteiger charge is -2.34. The van der Waals surface area contributed by atoms with Crippen LogP contribution in [0.4, 0.5) is 10.1 Å². The topological polar surface area (TPSA) is 96.0 Å². The summed E-state index contributed by atoms with van der Waals surface area (Å²) in [5.41, 5.74) is 1.56. The molecule has 4 aromatic carbocycles. The molecule has 8 nitrogen and oxygen atoms in total. The fourth-order valence-corrected chi connectivity index (χ4v) is 6.28. The molecule has 1 N–H and O–H groups in total. The Labute approximate surface area is 264 Å². The molecule has 2 amide bonds. The molecule has 0 aromatic heterocycles. The summed E-state index contributed by atoms with van der Waals surface area (Å²) in [4.78, 5) is 29.6. The Hall–Kier alpha value is -4.70. The van der Waals surface area contributed by atoms with E-state index < -0.39 is 34.3 Å². The summed E-state index contributed by atoms with van der Waals surface area (Å²) in [7, 11) is -2.84. The van der Waals surface area contributed by atoms with Crippen molar-refractivity contribution in [1.82, 2.24) is 10.2 Å². The summed E-state index contributed by atoms with van der Waals surface area (Å²) in [6, 6.07) is 28.3. The predicted molar refractivity (Wildman–Crippen MR) is 173 cm³/mol. The summed E-state index contributed by atoms with van der Waals surface area (Å²) in [5, 5.41) is 2.95. The second kappa shape index (κ2) is 15.3. The Morgan fingerprint density at radius 3 is 2.04 bits per heavy atom. The number of halogens is 1. The van der Waals surface area contributed by atoms with Crippen LogP contribution in [0.15, 0.2) is 114 Å². The van der Waals surface area contributed by atoms with Gasteiger partial charge in [0.05, 0.1) is 17.7 Å². The highest BCUT2D eigenvalue weighted by molar-refractivity contribution is 7.92. The smallest absolute Gasteiger partial charge is 0.264 e. The van der Waals surface area contributed by atoms with Gasteiger partial charge in [-0.05, 0) is 53.4 Å². The summed E-state index contributed by atoms with van der Waals surface area (Å²) in [5.74, 6) is -1.03. The number of hydrogen-bond acceptors (Lipinski definition) is 5. The van der Waals surface area contributed by atoms with Crippen LogP contribution in [0.2, 0.25) is 0 Å². The van der Waals surface area contributed by atoms with Crippen molar-refractivity contribution in [2.24, 2.45) is 5.92 Å². The number of nitrogens with zero attached hydrogens (tertiary/aromatic N) is 2. The highest BCUT2D eigenvalue weighted by Gasteiger charge is 2.35. The average molecular weight is 632 g/mol. The van der Waals surface area contributed by atoms with Crippen LogP contribution < -0.4 is 14.4 Å². The van der Waals surface area contributed by atoms with Crippen LogP contribution in [0.25, 0.3) is 0 Å². The monoisotopic (exact) mass is 631 g/mol. The van der Waals surface area contributed by atoms with Gasteiger partial charge in [-0.1, -0.05) is 86.6 Å². The van der Waals surface area contributed by atoms with Crippen molar-refractivity contribution in [2.45, 2.75) is 37.8 Å². The number of carbonyl (C=O) groups is 2. The number of nitrogens with one attached hydrogen (secondary N) is 1. The molecule has 0 bridgehead atoms. The molecule has 10 heteroatoms. The van der Waals surface area contributed by atoms with Crippen LogP contribution in [-0.4, -0.2) is 51.4 Å². The minimum Gasteiger partial charge on any atom is -0.495 e. The van der Waals surface area contributed by atoms with Crippen molar-refractivity contribution < 1.29 is 27.1 Å². The van der Waals surface area contributed by atoms with Crippen LogP contribution in [0.5, 0.6) is 5.75 Å². The van der Waals surface area contributed by atoms with E-state index in [4.69, 9.17) is 4.74 Å². The third kappa shape index (κ3) is 8.69. The molecule has 1 atom stereocenters. The minimum atomic E-state index is -4.26. The first-order valence-corrected chi connectivity index (χ1v) is 16.1. The van der Waals surface area contributed by atoms with Crippen molar-refractivity contribution >= 4 is 27.5 Å². The molecular weight excluding hydrogens is 593 g/mol. The molecule has 0 unspecified atom stereocenters. The third-order valence-electron chi connectivity index (χ3n) is 7.19. The van der Waals surface area contributed by atoms with Crippen molar-refractivity contribution in [3.8, 4) is 5.75 Å². The van der Waals surface area contributed by atoms with Gasteiger partial charge in [-0.15, -0.1) is 0 Å². The van der Waals surface area contributed by atoms with E-state index in [1.807, 2.05) is 44.2 Å². The number of methoxy groups -OCH3 is 1. The molecule has 0 aliphatic carbocycles. The minimum absolute atomic E-state index is 0.00990. The lowest BCUT2D eigenvalue weighted by molar-refractivity contribution is -0.140. The zero-order valence-electron chi connectivity index (χ0n) is 25.6. The zero-order valence-corrected chi connectivity index (χ0v) is 26.4. The summed E-state index contributed by atoms with van der Waals surface area (Å²) >= 11 is 0. The maximum Gasteiger partial charge on any atom is 0.264 e. The van der Waals surface area contributed by atoms with Gasteiger partial charge in [-0.3, -0.25) is 13.9 Å². The Morgan fingerprint density at radius 2 is 1.42 bits per heavy atom. The van der Waals surface area contributed by atoms with E-state index >= 15 is 0 Å². The molecule has 0 aliphatic rings. The first kappa shape index (κ1) is 33.2.